The third kappa shape index (κ3) is 5.71. The Bertz CT molecular complexity index is 1560. The van der Waals surface area contributed by atoms with E-state index >= 15 is 0 Å². The zero-order valence-electron chi connectivity index (χ0n) is 23.4. The summed E-state index contributed by atoms with van der Waals surface area (Å²) < 4.78 is 0. The van der Waals surface area contributed by atoms with E-state index in [1.54, 1.807) is 0 Å². The molecule has 0 radical (unpaired) electrons. The van der Waals surface area contributed by atoms with Gasteiger partial charge in [-0.3, -0.25) is 9.69 Å². The number of nitrogens with zero attached hydrogens (tertiary/aromatic N) is 4. The van der Waals surface area contributed by atoms with Crippen molar-refractivity contribution in [3.8, 4) is 11.1 Å². The number of rotatable bonds is 3. The summed E-state index contributed by atoms with van der Waals surface area (Å²) in [6.45, 7) is 6.65. The number of aromatic nitrogens is 2. The molecule has 0 spiro atoms. The molecule has 9 nitrogen and oxygen atoms in total. The minimum absolute atomic E-state index is 0.0438. The Morgan fingerprint density at radius 3 is 2.54 bits per heavy atom. The van der Waals surface area contributed by atoms with Gasteiger partial charge in [0, 0.05) is 43.2 Å². The van der Waals surface area contributed by atoms with Crippen LogP contribution >= 0.6 is 0 Å². The van der Waals surface area contributed by atoms with Gasteiger partial charge in [0.05, 0.1) is 17.7 Å². The minimum atomic E-state index is -0.454. The fourth-order valence-electron chi connectivity index (χ4n) is 5.63. The minimum Gasteiger partial charge on any atom is -0.358 e. The normalized spacial score (nSPS) is 19.6. The highest BCUT2D eigenvalue weighted by Crippen LogP contribution is 2.28. The smallest absolute Gasteiger partial charge is 0.321 e. The van der Waals surface area contributed by atoms with Gasteiger partial charge in [0.25, 0.3) is 0 Å². The number of piperazine rings is 1. The molecule has 2 aliphatic heterocycles. The number of carbonyl (C=O) groups excluding carboxylic acids is 2. The highest BCUT2D eigenvalue weighted by molar-refractivity contribution is 5.95. The van der Waals surface area contributed by atoms with Gasteiger partial charge in [0.2, 0.25) is 5.91 Å². The molecule has 6 rings (SSSR count). The molecule has 4 aromatic rings. The maximum Gasteiger partial charge on any atom is 0.321 e. The quantitative estimate of drug-likeness (QED) is 0.346. The molecule has 3 N–H and O–H groups in total. The Kier molecular flexibility index (Phi) is 7.52. The molecule has 1 aromatic heterocycles. The number of urea groups is 1. The van der Waals surface area contributed by atoms with Crippen molar-refractivity contribution in [1.82, 2.24) is 25.1 Å². The van der Waals surface area contributed by atoms with Gasteiger partial charge in [-0.1, -0.05) is 74.5 Å². The SMILES string of the molecule is CC(C)[C@@H]1Nc2nc(nc3ccccc23)CN2CCN(C(=O)Nc3ccccc3-c3ccccc3)CC2CNC1=O. The number of benzene rings is 3. The van der Waals surface area contributed by atoms with Crippen molar-refractivity contribution in [2.45, 2.75) is 32.5 Å². The molecule has 2 atom stereocenters. The molecule has 2 bridgehead atoms. The second kappa shape index (κ2) is 11.5. The number of hydrogen-bond acceptors (Lipinski definition) is 6. The molecule has 41 heavy (non-hydrogen) atoms. The molecule has 9 heteroatoms. The van der Waals surface area contributed by atoms with Crippen molar-refractivity contribution in [2.24, 2.45) is 5.92 Å². The van der Waals surface area contributed by atoms with Crippen LogP contribution in [-0.2, 0) is 11.3 Å². The summed E-state index contributed by atoms with van der Waals surface area (Å²) in [6.07, 6.45) is 0. The lowest BCUT2D eigenvalue weighted by Gasteiger charge is -2.41. The average molecular weight is 550 g/mol. The summed E-state index contributed by atoms with van der Waals surface area (Å²) >= 11 is 0. The number of fused-ring (bicyclic) bond motifs is 5. The second-order valence-corrected chi connectivity index (χ2v) is 11.0. The average Bonchev–Trinajstić information content (AvgIpc) is 3.01. The van der Waals surface area contributed by atoms with E-state index in [2.05, 4.69) is 20.9 Å². The van der Waals surface area contributed by atoms with Crippen molar-refractivity contribution in [2.75, 3.05) is 36.8 Å². The van der Waals surface area contributed by atoms with Gasteiger partial charge < -0.3 is 20.9 Å². The standard InChI is InChI=1S/C32H35N7O2/c1-21(2)29-31(40)33-18-23-19-39(32(41)35-26-14-8-6-12-24(26)22-10-4-3-5-11-22)17-16-38(23)20-28-34-27-15-9-7-13-25(27)30(36-28)37-29/h3-15,21,23,29H,16-20H2,1-2H3,(H,33,40)(H,35,41)(H,34,36,37)/t23?,29-/m0/s1. The first kappa shape index (κ1) is 26.7. The highest BCUT2D eigenvalue weighted by Gasteiger charge is 2.33. The van der Waals surface area contributed by atoms with Crippen LogP contribution in [0.25, 0.3) is 22.0 Å². The molecule has 3 heterocycles. The zero-order valence-corrected chi connectivity index (χ0v) is 23.4. The van der Waals surface area contributed by atoms with Crippen LogP contribution in [0.5, 0.6) is 0 Å². The molecule has 0 aliphatic carbocycles. The van der Waals surface area contributed by atoms with Gasteiger partial charge in [-0.25, -0.2) is 14.8 Å². The first-order chi connectivity index (χ1) is 20.0. The monoisotopic (exact) mass is 549 g/mol. The molecule has 210 valence electrons. The predicted octanol–water partition coefficient (Wildman–Crippen LogP) is 4.58. The maximum atomic E-state index is 13.5. The van der Waals surface area contributed by atoms with E-state index in [1.165, 1.54) is 0 Å². The second-order valence-electron chi connectivity index (χ2n) is 11.0. The summed E-state index contributed by atoms with van der Waals surface area (Å²) in [7, 11) is 0. The summed E-state index contributed by atoms with van der Waals surface area (Å²) in [5, 5.41) is 10.6. The Balaban J connectivity index is 1.25. The Hall–Kier alpha value is -4.50. The molecule has 1 unspecified atom stereocenters. The Morgan fingerprint density at radius 1 is 0.951 bits per heavy atom. The summed E-state index contributed by atoms with van der Waals surface area (Å²) in [4.78, 5) is 40.7. The first-order valence-corrected chi connectivity index (χ1v) is 14.2. The number of para-hydroxylation sites is 2. The topological polar surface area (TPSA) is 102 Å². The van der Waals surface area contributed by atoms with Crippen molar-refractivity contribution in [3.05, 3.63) is 84.7 Å². The van der Waals surface area contributed by atoms with Gasteiger partial charge in [0.1, 0.15) is 17.7 Å². The van der Waals surface area contributed by atoms with Gasteiger partial charge in [-0.2, -0.15) is 0 Å². The molecule has 3 amide bonds. The number of amides is 3. The van der Waals surface area contributed by atoms with E-state index in [4.69, 9.17) is 9.97 Å². The lowest BCUT2D eigenvalue weighted by Crippen LogP contribution is -2.59. The molecule has 1 saturated heterocycles. The van der Waals surface area contributed by atoms with E-state index in [1.807, 2.05) is 97.6 Å². The van der Waals surface area contributed by atoms with Gasteiger partial charge in [-0.15, -0.1) is 0 Å². The number of anilines is 2. The zero-order chi connectivity index (χ0) is 28.3. The van der Waals surface area contributed by atoms with Crippen LogP contribution in [0, 0.1) is 5.92 Å². The Morgan fingerprint density at radius 2 is 1.71 bits per heavy atom. The molecular formula is C32H35N7O2. The van der Waals surface area contributed by atoms with Crippen molar-refractivity contribution in [1.29, 1.82) is 0 Å². The van der Waals surface area contributed by atoms with E-state index in [0.29, 0.717) is 44.4 Å². The van der Waals surface area contributed by atoms with Crippen LogP contribution < -0.4 is 16.0 Å². The number of hydrogen-bond donors (Lipinski definition) is 3. The van der Waals surface area contributed by atoms with Crippen molar-refractivity contribution < 1.29 is 9.59 Å². The largest absolute Gasteiger partial charge is 0.358 e. The molecule has 1 fully saturated rings. The number of carbonyl (C=O) groups is 2. The fraction of sp³-hybridized carbons (Fsp3) is 0.312. The highest BCUT2D eigenvalue weighted by atomic mass is 16.2. The molecule has 0 saturated carbocycles. The maximum absolute atomic E-state index is 13.5. The third-order valence-electron chi connectivity index (χ3n) is 7.89. The predicted molar refractivity (Wildman–Crippen MR) is 161 cm³/mol. The van der Waals surface area contributed by atoms with E-state index in [0.717, 1.165) is 27.7 Å². The van der Waals surface area contributed by atoms with Crippen LogP contribution in [0.15, 0.2) is 78.9 Å². The third-order valence-corrected chi connectivity index (χ3v) is 7.89. The first-order valence-electron chi connectivity index (χ1n) is 14.2. The lowest BCUT2D eigenvalue weighted by molar-refractivity contribution is -0.123. The van der Waals surface area contributed by atoms with Gasteiger partial charge >= 0.3 is 6.03 Å². The van der Waals surface area contributed by atoms with E-state index < -0.39 is 6.04 Å². The van der Waals surface area contributed by atoms with E-state index in [9.17, 15) is 9.59 Å². The van der Waals surface area contributed by atoms with Crippen LogP contribution in [0.2, 0.25) is 0 Å². The summed E-state index contributed by atoms with van der Waals surface area (Å²) in [5.41, 5.74) is 3.62. The fourth-order valence-corrected chi connectivity index (χ4v) is 5.63. The van der Waals surface area contributed by atoms with Crippen LogP contribution in [0.3, 0.4) is 0 Å². The summed E-state index contributed by atoms with van der Waals surface area (Å²) in [5.74, 6) is 1.34. The van der Waals surface area contributed by atoms with Crippen LogP contribution in [0.1, 0.15) is 19.7 Å². The van der Waals surface area contributed by atoms with Crippen molar-refractivity contribution in [3.63, 3.8) is 0 Å². The van der Waals surface area contributed by atoms with E-state index in [-0.39, 0.29) is 23.9 Å². The van der Waals surface area contributed by atoms with Crippen LogP contribution in [-0.4, -0.2) is 70.0 Å². The van der Waals surface area contributed by atoms with Gasteiger partial charge in [0.15, 0.2) is 0 Å². The molecular weight excluding hydrogens is 514 g/mol. The summed E-state index contributed by atoms with van der Waals surface area (Å²) in [6, 6.07) is 25.1. The Labute approximate surface area is 240 Å². The lowest BCUT2D eigenvalue weighted by atomic mass is 10.0. The molecule has 3 aromatic carbocycles. The molecule has 2 aliphatic rings. The number of nitrogens with one attached hydrogen (secondary N) is 3. The van der Waals surface area contributed by atoms with Crippen LogP contribution in [0.4, 0.5) is 16.3 Å². The van der Waals surface area contributed by atoms with Gasteiger partial charge in [-0.05, 0) is 29.7 Å². The van der Waals surface area contributed by atoms with Crippen molar-refractivity contribution >= 4 is 34.3 Å².